The van der Waals surface area contributed by atoms with Crippen LogP contribution in [-0.2, 0) is 14.6 Å². The SMILES string of the molecule is CC(C)(C)[Si](C)(C)O[C@@H](CC(=O)C[C@@H](O)c1ccccc1)C(c1ccccc1)(c1ccccc1)c1ccccc1. The van der Waals surface area contributed by atoms with E-state index >= 15 is 0 Å². The molecular formula is C36H42O3Si. The summed E-state index contributed by atoms with van der Waals surface area (Å²) in [7, 11) is -2.36. The first-order valence-electron chi connectivity index (χ1n) is 14.1. The van der Waals surface area contributed by atoms with Crippen LogP contribution in [0.1, 0.15) is 62.0 Å². The third kappa shape index (κ3) is 6.36. The van der Waals surface area contributed by atoms with Crippen molar-refractivity contribution in [3.63, 3.8) is 0 Å². The highest BCUT2D eigenvalue weighted by molar-refractivity contribution is 6.74. The van der Waals surface area contributed by atoms with Gasteiger partial charge in [-0.1, -0.05) is 142 Å². The minimum Gasteiger partial charge on any atom is -0.412 e. The molecule has 0 spiro atoms. The molecule has 4 aromatic carbocycles. The fourth-order valence-electron chi connectivity index (χ4n) is 5.28. The maximum Gasteiger partial charge on any atom is 0.192 e. The number of Topliss-reactive ketones (excluding diaryl/α,β-unsaturated/α-hetero) is 1. The van der Waals surface area contributed by atoms with E-state index in [0.29, 0.717) is 0 Å². The smallest absolute Gasteiger partial charge is 0.192 e. The number of hydrogen-bond donors (Lipinski definition) is 1. The molecule has 0 aromatic heterocycles. The Morgan fingerprint density at radius 3 is 1.43 bits per heavy atom. The van der Waals surface area contributed by atoms with Crippen LogP contribution in [0.15, 0.2) is 121 Å². The Morgan fingerprint density at radius 2 is 1.05 bits per heavy atom. The van der Waals surface area contributed by atoms with E-state index in [0.717, 1.165) is 22.3 Å². The Bertz CT molecular complexity index is 1250. The van der Waals surface area contributed by atoms with Gasteiger partial charge < -0.3 is 9.53 Å². The number of rotatable bonds is 11. The molecule has 0 saturated carbocycles. The molecule has 3 nitrogen and oxygen atoms in total. The Morgan fingerprint density at radius 1 is 0.675 bits per heavy atom. The molecule has 0 aliphatic rings. The highest BCUT2D eigenvalue weighted by atomic mass is 28.4. The Labute approximate surface area is 241 Å². The Balaban J connectivity index is 1.91. The Hall–Kier alpha value is -3.31. The molecule has 4 aromatic rings. The van der Waals surface area contributed by atoms with Crippen molar-refractivity contribution in [1.82, 2.24) is 0 Å². The van der Waals surface area contributed by atoms with E-state index in [1.54, 1.807) is 0 Å². The molecule has 0 unspecified atom stereocenters. The quantitative estimate of drug-likeness (QED) is 0.150. The number of carbonyl (C=O) groups is 1. The molecule has 0 bridgehead atoms. The molecule has 0 aliphatic heterocycles. The van der Waals surface area contributed by atoms with Crippen molar-refractivity contribution in [2.45, 2.75) is 69.4 Å². The monoisotopic (exact) mass is 550 g/mol. The third-order valence-electron chi connectivity index (χ3n) is 8.43. The summed E-state index contributed by atoms with van der Waals surface area (Å²) in [5, 5.41) is 10.9. The summed E-state index contributed by atoms with van der Waals surface area (Å²) in [6.07, 6.45) is -1.14. The van der Waals surface area contributed by atoms with E-state index in [4.69, 9.17) is 4.43 Å². The van der Waals surface area contributed by atoms with Crippen LogP contribution in [-0.4, -0.2) is 25.3 Å². The van der Waals surface area contributed by atoms with Gasteiger partial charge in [0.1, 0.15) is 5.78 Å². The van der Waals surface area contributed by atoms with Crippen molar-refractivity contribution in [2.75, 3.05) is 0 Å². The summed E-state index contributed by atoms with van der Waals surface area (Å²) in [5.74, 6) is -0.0211. The standard InChI is InChI=1S/C36H42O3Si/c1-35(2,3)40(4,5)39-34(27-32(37)26-33(38)28-18-10-6-11-19-28)36(29-20-12-7-13-21-29,30-22-14-8-15-23-30)31-24-16-9-17-25-31/h6-25,33-34,38H,26-27H2,1-5H3/t33-,34+/m1/s1. The molecule has 40 heavy (non-hydrogen) atoms. The highest BCUT2D eigenvalue weighted by Crippen LogP contribution is 2.48. The van der Waals surface area contributed by atoms with Gasteiger partial charge in [-0.2, -0.15) is 0 Å². The molecule has 0 radical (unpaired) electrons. The van der Waals surface area contributed by atoms with Crippen molar-refractivity contribution in [3.8, 4) is 0 Å². The zero-order chi connectivity index (χ0) is 28.8. The van der Waals surface area contributed by atoms with E-state index in [1.807, 2.05) is 48.5 Å². The van der Waals surface area contributed by atoms with E-state index in [2.05, 4.69) is 107 Å². The predicted octanol–water partition coefficient (Wildman–Crippen LogP) is 8.49. The van der Waals surface area contributed by atoms with E-state index in [9.17, 15) is 9.90 Å². The highest BCUT2D eigenvalue weighted by Gasteiger charge is 2.49. The van der Waals surface area contributed by atoms with Crippen LogP contribution in [0.5, 0.6) is 0 Å². The molecule has 0 aliphatic carbocycles. The molecule has 1 N–H and O–H groups in total. The average Bonchev–Trinajstić information content (AvgIpc) is 2.95. The van der Waals surface area contributed by atoms with Gasteiger partial charge in [-0.15, -0.1) is 0 Å². The molecule has 208 valence electrons. The lowest BCUT2D eigenvalue weighted by atomic mass is 9.64. The van der Waals surface area contributed by atoms with Crippen molar-refractivity contribution in [3.05, 3.63) is 144 Å². The molecular weight excluding hydrogens is 508 g/mol. The van der Waals surface area contributed by atoms with Crippen LogP contribution in [0.4, 0.5) is 0 Å². The van der Waals surface area contributed by atoms with Crippen LogP contribution >= 0.6 is 0 Å². The largest absolute Gasteiger partial charge is 0.412 e. The van der Waals surface area contributed by atoms with Crippen LogP contribution in [0.3, 0.4) is 0 Å². The fourth-order valence-corrected chi connectivity index (χ4v) is 6.60. The number of carbonyl (C=O) groups excluding carboxylic acids is 1. The first-order valence-corrected chi connectivity index (χ1v) is 17.1. The van der Waals surface area contributed by atoms with Crippen molar-refractivity contribution < 1.29 is 14.3 Å². The molecule has 4 heteroatoms. The third-order valence-corrected chi connectivity index (χ3v) is 12.9. The van der Waals surface area contributed by atoms with E-state index < -0.39 is 25.9 Å². The number of benzene rings is 4. The second kappa shape index (κ2) is 12.5. The molecule has 0 amide bonds. The topological polar surface area (TPSA) is 46.5 Å². The van der Waals surface area contributed by atoms with Gasteiger partial charge in [-0.3, -0.25) is 4.79 Å². The van der Waals surface area contributed by atoms with Crippen molar-refractivity contribution in [2.24, 2.45) is 0 Å². The van der Waals surface area contributed by atoms with Crippen LogP contribution in [0.2, 0.25) is 18.1 Å². The first kappa shape index (κ1) is 29.7. The lowest BCUT2D eigenvalue weighted by molar-refractivity contribution is -0.123. The van der Waals surface area contributed by atoms with Gasteiger partial charge in [0.25, 0.3) is 0 Å². The second-order valence-corrected chi connectivity index (χ2v) is 16.9. The van der Waals surface area contributed by atoms with Crippen molar-refractivity contribution >= 4 is 14.1 Å². The molecule has 0 fully saturated rings. The van der Waals surface area contributed by atoms with Crippen LogP contribution < -0.4 is 0 Å². The van der Waals surface area contributed by atoms with E-state index in [-0.39, 0.29) is 23.7 Å². The average molecular weight is 551 g/mol. The lowest BCUT2D eigenvalue weighted by Crippen LogP contribution is -2.52. The minimum absolute atomic E-state index is 0.0211. The molecule has 0 heterocycles. The summed E-state index contributed by atoms with van der Waals surface area (Å²) in [4.78, 5) is 13.9. The van der Waals surface area contributed by atoms with Gasteiger partial charge >= 0.3 is 0 Å². The van der Waals surface area contributed by atoms with Crippen molar-refractivity contribution in [1.29, 1.82) is 0 Å². The zero-order valence-electron chi connectivity index (χ0n) is 24.4. The number of hydrogen-bond acceptors (Lipinski definition) is 3. The maximum atomic E-state index is 13.9. The normalized spacial score (nSPS) is 13.9. The number of ketones is 1. The lowest BCUT2D eigenvalue weighted by Gasteiger charge is -2.48. The number of aliphatic hydroxyl groups excluding tert-OH is 1. The van der Waals surface area contributed by atoms with Gasteiger partial charge in [-0.25, -0.2) is 0 Å². The molecule has 2 atom stereocenters. The minimum atomic E-state index is -2.36. The van der Waals surface area contributed by atoms with Gasteiger partial charge in [0, 0.05) is 12.8 Å². The summed E-state index contributed by atoms with van der Waals surface area (Å²) in [6.45, 7) is 11.2. The van der Waals surface area contributed by atoms with Gasteiger partial charge in [0.05, 0.1) is 17.6 Å². The molecule has 4 rings (SSSR count). The zero-order valence-corrected chi connectivity index (χ0v) is 25.4. The summed E-state index contributed by atoms with van der Waals surface area (Å²) < 4.78 is 7.33. The summed E-state index contributed by atoms with van der Waals surface area (Å²) >= 11 is 0. The van der Waals surface area contributed by atoms with Crippen LogP contribution in [0.25, 0.3) is 0 Å². The summed E-state index contributed by atoms with van der Waals surface area (Å²) in [6, 6.07) is 40.7. The van der Waals surface area contributed by atoms with Gasteiger partial charge in [-0.05, 0) is 40.4 Å². The second-order valence-electron chi connectivity index (χ2n) is 12.1. The Kier molecular flexibility index (Phi) is 9.25. The maximum absolute atomic E-state index is 13.9. The van der Waals surface area contributed by atoms with E-state index in [1.165, 1.54) is 0 Å². The molecule has 0 saturated heterocycles. The summed E-state index contributed by atoms with van der Waals surface area (Å²) in [5.41, 5.74) is 3.23. The fraction of sp³-hybridized carbons (Fsp3) is 0.306. The first-order chi connectivity index (χ1) is 19.1. The van der Waals surface area contributed by atoms with Gasteiger partial charge in [0.2, 0.25) is 0 Å². The van der Waals surface area contributed by atoms with Crippen LogP contribution in [0, 0.1) is 0 Å². The predicted molar refractivity (Wildman–Crippen MR) is 167 cm³/mol. The number of aliphatic hydroxyl groups is 1. The van der Waals surface area contributed by atoms with Gasteiger partial charge in [0.15, 0.2) is 8.32 Å².